The van der Waals surface area contributed by atoms with Crippen LogP contribution in [0.25, 0.3) is 0 Å². The van der Waals surface area contributed by atoms with Gasteiger partial charge in [0.1, 0.15) is 0 Å². The summed E-state index contributed by atoms with van der Waals surface area (Å²) in [4.78, 5) is -0.243. The molecule has 2 N–H and O–H groups in total. The Morgan fingerprint density at radius 3 is 2.37 bits per heavy atom. The van der Waals surface area contributed by atoms with Crippen molar-refractivity contribution in [2.24, 2.45) is 0 Å². The third-order valence-electron chi connectivity index (χ3n) is 2.99. The van der Waals surface area contributed by atoms with Crippen molar-refractivity contribution in [2.45, 2.75) is 17.1 Å². The first-order chi connectivity index (χ1) is 8.86. The Hall–Kier alpha value is -1.22. The molecule has 0 saturated carbocycles. The van der Waals surface area contributed by atoms with Gasteiger partial charge >= 0.3 is 0 Å². The molecule has 0 bridgehead atoms. The zero-order valence-electron chi connectivity index (χ0n) is 10.2. The van der Waals surface area contributed by atoms with Crippen molar-refractivity contribution in [3.63, 3.8) is 0 Å². The molecule has 1 fully saturated rings. The van der Waals surface area contributed by atoms with E-state index in [9.17, 15) is 23.0 Å². The minimum Gasteiger partial charge on any atom is -0.494 e. The fraction of sp³-hybridized carbons (Fsp3) is 0.455. The Bertz CT molecular complexity index is 566. The molecule has 0 aromatic heterocycles. The number of aliphatic hydroxyl groups is 2. The van der Waals surface area contributed by atoms with E-state index < -0.39 is 28.0 Å². The Labute approximate surface area is 110 Å². The summed E-state index contributed by atoms with van der Waals surface area (Å²) in [6.45, 7) is -0.422. The SMILES string of the molecule is COc1ccc(S(=O)(=O)N2CC(O)C(O)C2)cc1F. The molecular formula is C11H14FNO5S. The van der Waals surface area contributed by atoms with Crippen LogP contribution >= 0.6 is 0 Å². The quantitative estimate of drug-likeness (QED) is 0.788. The molecule has 0 amide bonds. The summed E-state index contributed by atoms with van der Waals surface area (Å²) in [5.74, 6) is -0.843. The second-order valence-electron chi connectivity index (χ2n) is 4.25. The maximum absolute atomic E-state index is 13.5. The van der Waals surface area contributed by atoms with E-state index in [1.165, 1.54) is 19.2 Å². The van der Waals surface area contributed by atoms with Crippen LogP contribution < -0.4 is 4.74 Å². The van der Waals surface area contributed by atoms with Gasteiger partial charge in [-0.05, 0) is 18.2 Å². The van der Waals surface area contributed by atoms with Crippen LogP contribution in [0.15, 0.2) is 23.1 Å². The summed E-state index contributed by atoms with van der Waals surface area (Å²) in [5.41, 5.74) is 0. The van der Waals surface area contributed by atoms with Gasteiger partial charge in [-0.2, -0.15) is 4.31 Å². The van der Waals surface area contributed by atoms with Crippen molar-refractivity contribution >= 4 is 10.0 Å². The lowest BCUT2D eigenvalue weighted by atomic mass is 10.3. The van der Waals surface area contributed by atoms with Crippen LogP contribution in [-0.2, 0) is 10.0 Å². The molecular weight excluding hydrogens is 277 g/mol. The minimum absolute atomic E-state index is 0.0551. The van der Waals surface area contributed by atoms with Crippen LogP contribution in [0, 0.1) is 5.82 Å². The summed E-state index contributed by atoms with van der Waals surface area (Å²) >= 11 is 0. The molecule has 1 aromatic rings. The van der Waals surface area contributed by atoms with Crippen molar-refractivity contribution in [1.82, 2.24) is 4.31 Å². The Morgan fingerprint density at radius 2 is 1.89 bits per heavy atom. The highest BCUT2D eigenvalue weighted by atomic mass is 32.2. The molecule has 1 aliphatic heterocycles. The average Bonchev–Trinajstić information content (AvgIpc) is 2.70. The van der Waals surface area contributed by atoms with E-state index in [-0.39, 0.29) is 23.7 Å². The summed E-state index contributed by atoms with van der Waals surface area (Å²) < 4.78 is 43.5. The van der Waals surface area contributed by atoms with E-state index >= 15 is 0 Å². The Balaban J connectivity index is 2.33. The highest BCUT2D eigenvalue weighted by Crippen LogP contribution is 2.25. The fourth-order valence-electron chi connectivity index (χ4n) is 1.89. The van der Waals surface area contributed by atoms with E-state index in [1.807, 2.05) is 0 Å². The number of aliphatic hydroxyl groups excluding tert-OH is 2. The average molecular weight is 291 g/mol. The minimum atomic E-state index is -3.93. The van der Waals surface area contributed by atoms with Crippen molar-refractivity contribution in [3.8, 4) is 5.75 Å². The molecule has 1 aliphatic rings. The maximum atomic E-state index is 13.5. The fourth-order valence-corrected chi connectivity index (χ4v) is 3.38. The van der Waals surface area contributed by atoms with Crippen LogP contribution in [0.4, 0.5) is 4.39 Å². The number of β-amino-alcohol motifs (C(OH)–C–C–N with tert-alkyl or cyclic N) is 2. The molecule has 19 heavy (non-hydrogen) atoms. The van der Waals surface area contributed by atoms with Crippen molar-refractivity contribution < 1.29 is 27.8 Å². The predicted molar refractivity (Wildman–Crippen MR) is 63.7 cm³/mol. The highest BCUT2D eigenvalue weighted by Gasteiger charge is 2.37. The van der Waals surface area contributed by atoms with Gasteiger partial charge in [-0.25, -0.2) is 12.8 Å². The van der Waals surface area contributed by atoms with E-state index in [0.717, 1.165) is 10.4 Å². The summed E-state index contributed by atoms with van der Waals surface area (Å²) in [6, 6.07) is 3.28. The smallest absolute Gasteiger partial charge is 0.243 e. The number of methoxy groups -OCH3 is 1. The van der Waals surface area contributed by atoms with Crippen LogP contribution in [0.5, 0.6) is 5.75 Å². The van der Waals surface area contributed by atoms with Gasteiger partial charge < -0.3 is 14.9 Å². The van der Waals surface area contributed by atoms with E-state index in [0.29, 0.717) is 0 Å². The van der Waals surface area contributed by atoms with E-state index in [4.69, 9.17) is 4.74 Å². The first-order valence-corrected chi connectivity index (χ1v) is 7.00. The summed E-state index contributed by atoms with van der Waals surface area (Å²) in [6.07, 6.45) is -2.25. The normalized spacial score (nSPS) is 24.6. The molecule has 8 heteroatoms. The third kappa shape index (κ3) is 2.57. The predicted octanol–water partition coefficient (Wildman–Crippen LogP) is -0.440. The van der Waals surface area contributed by atoms with E-state index in [2.05, 4.69) is 0 Å². The van der Waals surface area contributed by atoms with Gasteiger partial charge in [-0.15, -0.1) is 0 Å². The van der Waals surface area contributed by atoms with Gasteiger partial charge in [0.2, 0.25) is 10.0 Å². The monoisotopic (exact) mass is 291 g/mol. The Kier molecular flexibility index (Phi) is 3.77. The molecule has 0 aliphatic carbocycles. The van der Waals surface area contributed by atoms with E-state index in [1.54, 1.807) is 0 Å². The van der Waals surface area contributed by atoms with Crippen LogP contribution in [0.1, 0.15) is 0 Å². The zero-order chi connectivity index (χ0) is 14.2. The first kappa shape index (κ1) is 14.2. The van der Waals surface area contributed by atoms with Gasteiger partial charge in [0, 0.05) is 13.1 Å². The van der Waals surface area contributed by atoms with Crippen molar-refractivity contribution in [3.05, 3.63) is 24.0 Å². The number of rotatable bonds is 3. The molecule has 1 saturated heterocycles. The van der Waals surface area contributed by atoms with Gasteiger partial charge in [0.25, 0.3) is 0 Å². The second-order valence-corrected chi connectivity index (χ2v) is 6.19. The molecule has 2 unspecified atom stereocenters. The number of ether oxygens (including phenoxy) is 1. The van der Waals surface area contributed by atoms with Crippen molar-refractivity contribution in [1.29, 1.82) is 0 Å². The topological polar surface area (TPSA) is 87.1 Å². The number of halogens is 1. The largest absolute Gasteiger partial charge is 0.494 e. The van der Waals surface area contributed by atoms with Crippen LogP contribution in [-0.4, -0.2) is 55.3 Å². The van der Waals surface area contributed by atoms with Crippen molar-refractivity contribution in [2.75, 3.05) is 20.2 Å². The maximum Gasteiger partial charge on any atom is 0.243 e. The molecule has 1 heterocycles. The second kappa shape index (κ2) is 5.04. The lowest BCUT2D eigenvalue weighted by Gasteiger charge is -2.16. The zero-order valence-corrected chi connectivity index (χ0v) is 11.0. The van der Waals surface area contributed by atoms with Gasteiger partial charge in [0.05, 0.1) is 24.2 Å². The first-order valence-electron chi connectivity index (χ1n) is 5.56. The molecule has 2 atom stereocenters. The van der Waals surface area contributed by atoms with Crippen LogP contribution in [0.2, 0.25) is 0 Å². The molecule has 6 nitrogen and oxygen atoms in total. The summed E-state index contributed by atoms with van der Waals surface area (Å²) in [7, 11) is -2.66. The lowest BCUT2D eigenvalue weighted by Crippen LogP contribution is -2.30. The summed E-state index contributed by atoms with van der Waals surface area (Å²) in [5, 5.41) is 18.7. The molecule has 106 valence electrons. The number of nitrogens with zero attached hydrogens (tertiary/aromatic N) is 1. The Morgan fingerprint density at radius 1 is 1.32 bits per heavy atom. The van der Waals surface area contributed by atoms with Gasteiger partial charge in [-0.3, -0.25) is 0 Å². The number of sulfonamides is 1. The van der Waals surface area contributed by atoms with Crippen LogP contribution in [0.3, 0.4) is 0 Å². The molecule has 1 aromatic carbocycles. The van der Waals surface area contributed by atoms with Gasteiger partial charge in [-0.1, -0.05) is 0 Å². The molecule has 2 rings (SSSR count). The highest BCUT2D eigenvalue weighted by molar-refractivity contribution is 7.89. The standard InChI is InChI=1S/C11H14FNO5S/c1-18-11-3-2-7(4-8(11)12)19(16,17)13-5-9(14)10(15)6-13/h2-4,9-10,14-15H,5-6H2,1H3. The lowest BCUT2D eigenvalue weighted by molar-refractivity contribution is 0.0572. The molecule has 0 spiro atoms. The van der Waals surface area contributed by atoms with Gasteiger partial charge in [0.15, 0.2) is 11.6 Å². The molecule has 0 radical (unpaired) electrons. The number of hydrogen-bond acceptors (Lipinski definition) is 5. The number of hydrogen-bond donors (Lipinski definition) is 2. The number of benzene rings is 1. The third-order valence-corrected chi connectivity index (χ3v) is 4.81.